The molecule has 10 nitrogen and oxygen atoms in total. The van der Waals surface area contributed by atoms with E-state index in [1.165, 1.54) is 0 Å². The summed E-state index contributed by atoms with van der Waals surface area (Å²) < 4.78 is 30.5. The lowest BCUT2D eigenvalue weighted by molar-refractivity contribution is -0.138. The van der Waals surface area contributed by atoms with Gasteiger partial charge in [0.25, 0.3) is 0 Å². The zero-order chi connectivity index (χ0) is 31.7. The Balaban J connectivity index is 1.05. The molecule has 0 aliphatic carbocycles. The molecule has 0 bridgehead atoms. The first-order chi connectivity index (χ1) is 22.3. The Hall–Kier alpha value is -4.74. The van der Waals surface area contributed by atoms with Crippen molar-refractivity contribution in [2.45, 2.75) is 56.9 Å². The van der Waals surface area contributed by atoms with Gasteiger partial charge in [-0.05, 0) is 60.4 Å². The highest BCUT2D eigenvalue weighted by Crippen LogP contribution is 2.56. The highest BCUT2D eigenvalue weighted by molar-refractivity contribution is 5.85. The van der Waals surface area contributed by atoms with Crippen LogP contribution in [-0.2, 0) is 48.1 Å². The Morgan fingerprint density at radius 1 is 0.696 bits per heavy atom. The molecule has 4 aromatic rings. The average Bonchev–Trinajstić information content (AvgIpc) is 3.72. The fourth-order valence-electron chi connectivity index (χ4n) is 6.38. The minimum Gasteiger partial charge on any atom is -0.444 e. The molecule has 3 aliphatic rings. The molecule has 0 spiro atoms. The molecular formula is C36H35N3O7. The van der Waals surface area contributed by atoms with Crippen LogP contribution in [0.5, 0.6) is 0 Å². The third-order valence-corrected chi connectivity index (χ3v) is 8.74. The molecule has 2 N–H and O–H groups in total. The van der Waals surface area contributed by atoms with Crippen LogP contribution in [0.3, 0.4) is 0 Å². The van der Waals surface area contributed by atoms with Gasteiger partial charge in [-0.2, -0.15) is 0 Å². The van der Waals surface area contributed by atoms with Crippen LogP contribution in [-0.4, -0.2) is 42.4 Å². The molecule has 3 fully saturated rings. The molecule has 2 amide bonds. The van der Waals surface area contributed by atoms with Gasteiger partial charge in [0.2, 0.25) is 0 Å². The van der Waals surface area contributed by atoms with Crippen molar-refractivity contribution >= 4 is 23.6 Å². The normalized spacial score (nSPS) is 26.3. The van der Waals surface area contributed by atoms with Crippen LogP contribution in [0.1, 0.15) is 36.1 Å². The predicted octanol–water partition coefficient (Wildman–Crippen LogP) is 6.69. The summed E-state index contributed by atoms with van der Waals surface area (Å²) in [5, 5.41) is 5.66. The first kappa shape index (κ1) is 29.9. The van der Waals surface area contributed by atoms with E-state index in [4.69, 9.17) is 23.7 Å². The highest BCUT2D eigenvalue weighted by Gasteiger charge is 2.68. The first-order valence-corrected chi connectivity index (χ1v) is 15.2. The molecule has 0 aromatic heterocycles. The molecular weight excluding hydrogens is 586 g/mol. The predicted molar refractivity (Wildman–Crippen MR) is 169 cm³/mol. The van der Waals surface area contributed by atoms with Gasteiger partial charge in [-0.3, -0.25) is 10.6 Å². The van der Waals surface area contributed by atoms with E-state index in [9.17, 15) is 9.59 Å². The van der Waals surface area contributed by atoms with Gasteiger partial charge in [-0.25, -0.2) is 14.5 Å². The lowest BCUT2D eigenvalue weighted by atomic mass is 9.93. The fourth-order valence-corrected chi connectivity index (χ4v) is 6.38. The number of carbonyl (C=O) groups is 2. The Bertz CT molecular complexity index is 1620. The van der Waals surface area contributed by atoms with Crippen molar-refractivity contribution in [3.63, 3.8) is 0 Å². The SMILES string of the molecule is C[C@@]1(c2cccc(NC(=O)OCc3ccccc3)c2)O[C@H]2CO[C@@H]3N2[C@H]1O[C@]3(C)c1cccc(NC(=O)OCc2ccccc2)c1. The van der Waals surface area contributed by atoms with Gasteiger partial charge in [0, 0.05) is 11.4 Å². The number of ether oxygens (including phenoxy) is 5. The van der Waals surface area contributed by atoms with Crippen molar-refractivity contribution < 1.29 is 33.3 Å². The molecule has 46 heavy (non-hydrogen) atoms. The van der Waals surface area contributed by atoms with Crippen LogP contribution in [0.2, 0.25) is 0 Å². The lowest BCUT2D eigenvalue weighted by Crippen LogP contribution is -2.40. The lowest BCUT2D eigenvalue weighted by Gasteiger charge is -2.33. The van der Waals surface area contributed by atoms with Crippen LogP contribution >= 0.6 is 0 Å². The van der Waals surface area contributed by atoms with Crippen LogP contribution in [0, 0.1) is 0 Å². The van der Waals surface area contributed by atoms with E-state index >= 15 is 0 Å². The topological polar surface area (TPSA) is 108 Å². The summed E-state index contributed by atoms with van der Waals surface area (Å²) in [4.78, 5) is 27.3. The number of carbonyl (C=O) groups excluding carboxylic acids is 2. The smallest absolute Gasteiger partial charge is 0.411 e. The summed E-state index contributed by atoms with van der Waals surface area (Å²) in [6.45, 7) is 4.71. The van der Waals surface area contributed by atoms with E-state index in [0.29, 0.717) is 18.0 Å². The van der Waals surface area contributed by atoms with E-state index in [1.807, 2.05) is 123 Å². The number of hydrogen-bond acceptors (Lipinski definition) is 8. The van der Waals surface area contributed by atoms with Gasteiger partial charge in [0.05, 0.1) is 6.61 Å². The molecule has 3 saturated heterocycles. The van der Waals surface area contributed by atoms with Crippen molar-refractivity contribution in [3.8, 4) is 0 Å². The number of nitrogens with zero attached hydrogens (tertiary/aromatic N) is 1. The van der Waals surface area contributed by atoms with Crippen LogP contribution in [0.25, 0.3) is 0 Å². The molecule has 4 aromatic carbocycles. The van der Waals surface area contributed by atoms with Crippen molar-refractivity contribution in [2.24, 2.45) is 0 Å². The van der Waals surface area contributed by atoms with Crippen LogP contribution in [0.15, 0.2) is 109 Å². The van der Waals surface area contributed by atoms with Crippen molar-refractivity contribution in [2.75, 3.05) is 17.2 Å². The largest absolute Gasteiger partial charge is 0.444 e. The average molecular weight is 622 g/mol. The quantitative estimate of drug-likeness (QED) is 0.224. The summed E-state index contributed by atoms with van der Waals surface area (Å²) in [5.41, 5.74) is 2.92. The zero-order valence-electron chi connectivity index (χ0n) is 25.6. The highest BCUT2D eigenvalue weighted by atomic mass is 16.7. The summed E-state index contributed by atoms with van der Waals surface area (Å²) in [6, 6.07) is 34.1. The maximum Gasteiger partial charge on any atom is 0.411 e. The molecule has 0 saturated carbocycles. The molecule has 5 atom stereocenters. The van der Waals surface area contributed by atoms with Crippen LogP contribution in [0.4, 0.5) is 21.0 Å². The van der Waals surface area contributed by atoms with Gasteiger partial charge in [-0.1, -0.05) is 84.9 Å². The van der Waals surface area contributed by atoms with E-state index in [0.717, 1.165) is 22.3 Å². The van der Waals surface area contributed by atoms with E-state index in [2.05, 4.69) is 15.5 Å². The second kappa shape index (κ2) is 12.2. The number of rotatable bonds is 8. The third kappa shape index (κ3) is 5.72. The number of amides is 2. The number of benzene rings is 4. The molecule has 3 aliphatic heterocycles. The maximum atomic E-state index is 12.6. The van der Waals surface area contributed by atoms with Gasteiger partial charge >= 0.3 is 12.2 Å². The number of hydrogen-bond donors (Lipinski definition) is 2. The van der Waals surface area contributed by atoms with Crippen LogP contribution < -0.4 is 10.6 Å². The molecule has 10 heteroatoms. The number of nitrogens with one attached hydrogen (secondary N) is 2. The van der Waals surface area contributed by atoms with Crippen molar-refractivity contribution in [1.82, 2.24) is 4.90 Å². The minimum atomic E-state index is -0.868. The summed E-state index contributed by atoms with van der Waals surface area (Å²) in [7, 11) is 0. The molecule has 0 radical (unpaired) electrons. The molecule has 3 heterocycles. The number of anilines is 2. The Morgan fingerprint density at radius 2 is 1.20 bits per heavy atom. The first-order valence-electron chi connectivity index (χ1n) is 15.2. The standard InChI is InChI=1S/C36H35N3O7/c1-35(26-15-9-17-28(19-26)37-33(40)43-21-24-11-5-3-6-12-24)31-39-30(23-42-31)45-36(2,32(39)46-35)27-16-10-18-29(20-27)38-34(41)44-22-25-13-7-4-8-14-25/h3-20,30-32H,21-23H2,1-2H3,(H,37,40)(H,38,41)/t30-,31-,32-,35+,36-/m0/s1. The van der Waals surface area contributed by atoms with Crippen molar-refractivity contribution in [1.29, 1.82) is 0 Å². The van der Waals surface area contributed by atoms with E-state index in [-0.39, 0.29) is 19.4 Å². The second-order valence-corrected chi connectivity index (χ2v) is 11.9. The van der Waals surface area contributed by atoms with Gasteiger partial charge in [-0.15, -0.1) is 0 Å². The monoisotopic (exact) mass is 621 g/mol. The summed E-state index contributed by atoms with van der Waals surface area (Å²) in [5.74, 6) is 0. The maximum absolute atomic E-state index is 12.6. The Labute approximate surface area is 267 Å². The van der Waals surface area contributed by atoms with Crippen molar-refractivity contribution in [3.05, 3.63) is 131 Å². The molecule has 7 rings (SSSR count). The Morgan fingerprint density at radius 3 is 1.72 bits per heavy atom. The van der Waals surface area contributed by atoms with Gasteiger partial charge in [0.1, 0.15) is 43.1 Å². The molecule has 0 unspecified atom stereocenters. The summed E-state index contributed by atoms with van der Waals surface area (Å²) >= 11 is 0. The summed E-state index contributed by atoms with van der Waals surface area (Å²) in [6.07, 6.45) is -2.31. The minimum absolute atomic E-state index is 0.172. The molecule has 236 valence electrons. The Kier molecular flexibility index (Phi) is 7.95. The second-order valence-electron chi connectivity index (χ2n) is 11.9. The van der Waals surface area contributed by atoms with E-state index < -0.39 is 35.8 Å². The van der Waals surface area contributed by atoms with Gasteiger partial charge in [0.15, 0.2) is 0 Å². The third-order valence-electron chi connectivity index (χ3n) is 8.74. The zero-order valence-corrected chi connectivity index (χ0v) is 25.6. The fraction of sp³-hybridized carbons (Fsp3) is 0.278. The van der Waals surface area contributed by atoms with Gasteiger partial charge < -0.3 is 23.7 Å². The van der Waals surface area contributed by atoms with E-state index in [1.54, 1.807) is 0 Å².